The van der Waals surface area contributed by atoms with Gasteiger partial charge in [-0.1, -0.05) is 30.3 Å². The number of hydrogen-bond acceptors (Lipinski definition) is 4. The lowest BCUT2D eigenvalue weighted by Gasteiger charge is -2.10. The van der Waals surface area contributed by atoms with Crippen LogP contribution in [0.2, 0.25) is 0 Å². The fourth-order valence-electron chi connectivity index (χ4n) is 1.61. The van der Waals surface area contributed by atoms with E-state index in [1.807, 2.05) is 30.3 Å². The van der Waals surface area contributed by atoms with E-state index in [0.717, 1.165) is 5.56 Å². The molecule has 0 atom stereocenters. The number of nitrogen functional groups attached to an aromatic ring is 1. The number of nitrogens with two attached hydrogens (primary N) is 2. The zero-order valence-electron chi connectivity index (χ0n) is 9.76. The van der Waals surface area contributed by atoms with Gasteiger partial charge < -0.3 is 16.8 Å². The molecule has 1 aromatic heterocycles. The summed E-state index contributed by atoms with van der Waals surface area (Å²) >= 11 is 0. The van der Waals surface area contributed by atoms with Crippen molar-refractivity contribution in [1.82, 2.24) is 4.98 Å². The molecule has 0 unspecified atom stereocenters. The Hall–Kier alpha value is -2.56. The maximum atomic E-state index is 11.3. The van der Waals surface area contributed by atoms with Crippen LogP contribution in [0.5, 0.6) is 0 Å². The molecule has 0 aliphatic rings. The van der Waals surface area contributed by atoms with E-state index in [4.69, 9.17) is 11.5 Å². The van der Waals surface area contributed by atoms with Gasteiger partial charge in [-0.2, -0.15) is 0 Å². The van der Waals surface area contributed by atoms with Gasteiger partial charge in [0.25, 0.3) is 5.91 Å². The molecule has 0 aliphatic heterocycles. The van der Waals surface area contributed by atoms with Crippen LogP contribution < -0.4 is 16.8 Å². The van der Waals surface area contributed by atoms with Gasteiger partial charge in [-0.15, -0.1) is 0 Å². The molecular weight excluding hydrogens is 228 g/mol. The highest BCUT2D eigenvalue weighted by Crippen LogP contribution is 2.16. The minimum atomic E-state index is -0.528. The number of hydrogen-bond donors (Lipinski definition) is 3. The van der Waals surface area contributed by atoms with E-state index in [1.165, 1.54) is 12.3 Å². The van der Waals surface area contributed by atoms with Crippen LogP contribution in [0, 0.1) is 0 Å². The van der Waals surface area contributed by atoms with Crippen molar-refractivity contribution in [2.75, 3.05) is 11.1 Å². The summed E-state index contributed by atoms with van der Waals surface area (Å²) in [6.45, 7) is 0.590. The molecule has 1 amide bonds. The van der Waals surface area contributed by atoms with Crippen LogP contribution >= 0.6 is 0 Å². The Bertz CT molecular complexity index is 554. The molecule has 0 fully saturated rings. The van der Waals surface area contributed by atoms with Gasteiger partial charge in [-0.05, 0) is 11.6 Å². The second kappa shape index (κ2) is 5.18. The normalized spacial score (nSPS) is 10.0. The molecule has 2 rings (SSSR count). The Labute approximate surface area is 105 Å². The Morgan fingerprint density at radius 3 is 2.67 bits per heavy atom. The Balaban J connectivity index is 2.17. The maximum absolute atomic E-state index is 11.3. The van der Waals surface area contributed by atoms with Gasteiger partial charge in [0.15, 0.2) is 0 Å². The molecule has 0 aliphatic carbocycles. The quantitative estimate of drug-likeness (QED) is 0.754. The number of primary amides is 1. The van der Waals surface area contributed by atoms with Crippen LogP contribution in [0.15, 0.2) is 42.6 Å². The summed E-state index contributed by atoms with van der Waals surface area (Å²) in [5.41, 5.74) is 12.8. The second-order valence-corrected chi connectivity index (χ2v) is 3.86. The fraction of sp³-hybridized carbons (Fsp3) is 0.0769. The molecule has 5 N–H and O–H groups in total. The third-order valence-corrected chi connectivity index (χ3v) is 2.52. The van der Waals surface area contributed by atoms with Crippen molar-refractivity contribution in [2.24, 2.45) is 5.73 Å². The van der Waals surface area contributed by atoms with Crippen molar-refractivity contribution in [3.63, 3.8) is 0 Å². The Kier molecular flexibility index (Phi) is 3.43. The number of anilines is 2. The van der Waals surface area contributed by atoms with E-state index >= 15 is 0 Å². The van der Waals surface area contributed by atoms with Crippen molar-refractivity contribution >= 4 is 17.4 Å². The molecule has 1 aromatic carbocycles. The van der Waals surface area contributed by atoms with Gasteiger partial charge in [-0.3, -0.25) is 4.79 Å². The molecule has 92 valence electrons. The van der Waals surface area contributed by atoms with Gasteiger partial charge in [-0.25, -0.2) is 4.98 Å². The number of nitrogens with zero attached hydrogens (tertiary/aromatic N) is 1. The topological polar surface area (TPSA) is 94.0 Å². The van der Waals surface area contributed by atoms with E-state index in [0.29, 0.717) is 17.8 Å². The lowest BCUT2D eigenvalue weighted by Crippen LogP contribution is -2.15. The lowest BCUT2D eigenvalue weighted by molar-refractivity contribution is 0.100. The summed E-state index contributed by atoms with van der Waals surface area (Å²) in [6.07, 6.45) is 1.51. The first-order valence-corrected chi connectivity index (χ1v) is 5.50. The van der Waals surface area contributed by atoms with Crippen LogP contribution in [0.3, 0.4) is 0 Å². The number of carbonyl (C=O) groups is 1. The number of carbonyl (C=O) groups excluding carboxylic acids is 1. The number of amides is 1. The highest BCUT2D eigenvalue weighted by atomic mass is 16.1. The molecule has 1 heterocycles. The molecular formula is C13H14N4O. The Morgan fingerprint density at radius 2 is 2.00 bits per heavy atom. The van der Waals surface area contributed by atoms with Crippen LogP contribution in [-0.4, -0.2) is 10.9 Å². The third kappa shape index (κ3) is 2.76. The second-order valence-electron chi connectivity index (χ2n) is 3.86. The first-order chi connectivity index (χ1) is 8.66. The van der Waals surface area contributed by atoms with Crippen LogP contribution in [0.1, 0.15) is 15.9 Å². The van der Waals surface area contributed by atoms with E-state index in [2.05, 4.69) is 10.3 Å². The monoisotopic (exact) mass is 242 g/mol. The van der Waals surface area contributed by atoms with Crippen LogP contribution in [0.4, 0.5) is 11.5 Å². The van der Waals surface area contributed by atoms with E-state index in [1.54, 1.807) is 0 Å². The summed E-state index contributed by atoms with van der Waals surface area (Å²) < 4.78 is 0. The molecule has 2 aromatic rings. The molecule has 0 saturated carbocycles. The summed E-state index contributed by atoms with van der Waals surface area (Å²) in [6, 6.07) is 11.3. The van der Waals surface area contributed by atoms with Crippen LogP contribution in [0.25, 0.3) is 0 Å². The highest BCUT2D eigenvalue weighted by molar-refractivity contribution is 5.98. The predicted molar refractivity (Wildman–Crippen MR) is 70.9 cm³/mol. The first-order valence-electron chi connectivity index (χ1n) is 5.50. The van der Waals surface area contributed by atoms with Crippen molar-refractivity contribution in [1.29, 1.82) is 0 Å². The minimum Gasteiger partial charge on any atom is -0.384 e. The van der Waals surface area contributed by atoms with Crippen molar-refractivity contribution in [3.05, 3.63) is 53.7 Å². The molecule has 18 heavy (non-hydrogen) atoms. The molecule has 5 heteroatoms. The number of pyridine rings is 1. The standard InChI is InChI=1S/C13H14N4O/c14-12-6-10(13(15)18)11(8-17-12)16-7-9-4-2-1-3-5-9/h1-6,8,16H,7H2,(H2,14,17)(H2,15,18). The molecule has 5 nitrogen and oxygen atoms in total. The summed E-state index contributed by atoms with van der Waals surface area (Å²) in [4.78, 5) is 15.2. The molecule has 0 spiro atoms. The largest absolute Gasteiger partial charge is 0.384 e. The summed E-state index contributed by atoms with van der Waals surface area (Å²) in [5.74, 6) is -0.256. The maximum Gasteiger partial charge on any atom is 0.250 e. The van der Waals surface area contributed by atoms with E-state index in [9.17, 15) is 4.79 Å². The average Bonchev–Trinajstić information content (AvgIpc) is 2.38. The minimum absolute atomic E-state index is 0.272. The lowest BCUT2D eigenvalue weighted by atomic mass is 10.2. The zero-order chi connectivity index (χ0) is 13.0. The highest BCUT2D eigenvalue weighted by Gasteiger charge is 2.09. The average molecular weight is 242 g/mol. The van der Waals surface area contributed by atoms with Gasteiger partial charge >= 0.3 is 0 Å². The molecule has 0 saturated heterocycles. The first kappa shape index (κ1) is 11.9. The van der Waals surface area contributed by atoms with Crippen molar-refractivity contribution < 1.29 is 4.79 Å². The number of aromatic nitrogens is 1. The number of rotatable bonds is 4. The van der Waals surface area contributed by atoms with Gasteiger partial charge in [0.1, 0.15) is 5.82 Å². The molecule has 0 radical (unpaired) electrons. The Morgan fingerprint density at radius 1 is 1.28 bits per heavy atom. The number of benzene rings is 1. The summed E-state index contributed by atoms with van der Waals surface area (Å²) in [5, 5.41) is 3.12. The predicted octanol–water partition coefficient (Wildman–Crippen LogP) is 1.37. The SMILES string of the molecule is NC(=O)c1cc(N)ncc1NCc1ccccc1. The van der Waals surface area contributed by atoms with Gasteiger partial charge in [0.2, 0.25) is 0 Å². The third-order valence-electron chi connectivity index (χ3n) is 2.52. The smallest absolute Gasteiger partial charge is 0.250 e. The number of nitrogens with one attached hydrogen (secondary N) is 1. The zero-order valence-corrected chi connectivity index (χ0v) is 9.76. The van der Waals surface area contributed by atoms with Crippen molar-refractivity contribution in [2.45, 2.75) is 6.54 Å². The van der Waals surface area contributed by atoms with E-state index in [-0.39, 0.29) is 5.82 Å². The van der Waals surface area contributed by atoms with E-state index < -0.39 is 5.91 Å². The summed E-state index contributed by atoms with van der Waals surface area (Å²) in [7, 11) is 0. The van der Waals surface area contributed by atoms with Crippen LogP contribution in [-0.2, 0) is 6.54 Å². The van der Waals surface area contributed by atoms with Gasteiger partial charge in [0, 0.05) is 6.54 Å². The van der Waals surface area contributed by atoms with Crippen molar-refractivity contribution in [3.8, 4) is 0 Å². The van der Waals surface area contributed by atoms with Gasteiger partial charge in [0.05, 0.1) is 17.4 Å². The fourth-order valence-corrected chi connectivity index (χ4v) is 1.61. The molecule has 0 bridgehead atoms.